The third-order valence-electron chi connectivity index (χ3n) is 1.80. The average molecular weight is 373 g/mol. The predicted molar refractivity (Wildman–Crippen MR) is 71.1 cm³/mol. The minimum absolute atomic E-state index is 0.320. The summed E-state index contributed by atoms with van der Waals surface area (Å²) >= 11 is 6.56. The number of hydrogen-bond donors (Lipinski definition) is 2. The molecule has 0 heterocycles. The number of aliphatic hydroxyl groups is 1. The molecule has 16 heavy (non-hydrogen) atoms. The monoisotopic (exact) mass is 371 g/mol. The zero-order valence-corrected chi connectivity index (χ0v) is 12.5. The zero-order valence-electron chi connectivity index (χ0n) is 8.50. The minimum atomic E-state index is -3.50. The highest BCUT2D eigenvalue weighted by Crippen LogP contribution is 2.32. The van der Waals surface area contributed by atoms with Crippen molar-refractivity contribution in [2.24, 2.45) is 0 Å². The fourth-order valence-corrected chi connectivity index (χ4v) is 3.87. The van der Waals surface area contributed by atoms with E-state index in [2.05, 4.69) is 36.6 Å². The maximum Gasteiger partial charge on any atom is 0.235 e. The third-order valence-corrected chi connectivity index (χ3v) is 4.29. The lowest BCUT2D eigenvalue weighted by Crippen LogP contribution is -2.19. The van der Waals surface area contributed by atoms with Crippen molar-refractivity contribution in [1.82, 2.24) is 0 Å². The Kier molecular flexibility index (Phi) is 4.78. The Morgan fingerprint density at radius 3 is 2.25 bits per heavy atom. The van der Waals surface area contributed by atoms with E-state index >= 15 is 0 Å². The smallest absolute Gasteiger partial charge is 0.235 e. The second kappa shape index (κ2) is 5.48. The lowest BCUT2D eigenvalue weighted by Gasteiger charge is -2.11. The lowest BCUT2D eigenvalue weighted by atomic mass is 10.2. The molecule has 4 nitrogen and oxygen atoms in total. The first-order valence-corrected chi connectivity index (χ1v) is 7.66. The van der Waals surface area contributed by atoms with Crippen molar-refractivity contribution in [2.75, 3.05) is 17.1 Å². The van der Waals surface area contributed by atoms with Gasteiger partial charge in [-0.15, -0.1) is 0 Å². The Bertz CT molecular complexity index is 465. The summed E-state index contributed by atoms with van der Waals surface area (Å²) in [6.45, 7) is 1.50. The summed E-state index contributed by atoms with van der Waals surface area (Å²) in [6.07, 6.45) is 0. The van der Waals surface area contributed by atoms with Crippen molar-refractivity contribution >= 4 is 47.6 Å². The van der Waals surface area contributed by atoms with Gasteiger partial charge in [0.15, 0.2) is 0 Å². The first-order valence-electron chi connectivity index (χ1n) is 4.43. The number of aliphatic hydroxyl groups excluding tert-OH is 1. The van der Waals surface area contributed by atoms with E-state index in [1.165, 1.54) is 0 Å². The number of hydrogen-bond acceptors (Lipinski definition) is 3. The fraction of sp³-hybridized carbons (Fsp3) is 0.333. The van der Waals surface area contributed by atoms with E-state index in [1.54, 1.807) is 0 Å². The second-order valence-corrected chi connectivity index (χ2v) is 6.80. The van der Waals surface area contributed by atoms with Crippen LogP contribution in [0, 0.1) is 6.92 Å². The second-order valence-electron chi connectivity index (χ2n) is 3.25. The van der Waals surface area contributed by atoms with Gasteiger partial charge in [-0.2, -0.15) is 0 Å². The largest absolute Gasteiger partial charge is 0.395 e. The molecular formula is C9H11Br2NO3S. The molecule has 1 aromatic carbocycles. The van der Waals surface area contributed by atoms with Gasteiger partial charge in [-0.3, -0.25) is 4.72 Å². The van der Waals surface area contributed by atoms with E-state index < -0.39 is 16.6 Å². The van der Waals surface area contributed by atoms with Crippen molar-refractivity contribution in [3.05, 3.63) is 26.6 Å². The number of rotatable bonds is 4. The summed E-state index contributed by atoms with van der Waals surface area (Å²) in [5.41, 5.74) is 1.45. The quantitative estimate of drug-likeness (QED) is 0.851. The van der Waals surface area contributed by atoms with E-state index in [0.717, 1.165) is 5.56 Å². The molecule has 1 rings (SSSR count). The van der Waals surface area contributed by atoms with Crippen LogP contribution in [0.4, 0.5) is 5.69 Å². The van der Waals surface area contributed by atoms with Gasteiger partial charge in [0.1, 0.15) is 0 Å². The highest BCUT2D eigenvalue weighted by molar-refractivity contribution is 9.11. The van der Waals surface area contributed by atoms with Crippen LogP contribution in [-0.2, 0) is 10.0 Å². The molecule has 0 radical (unpaired) electrons. The molecule has 90 valence electrons. The summed E-state index contributed by atoms with van der Waals surface area (Å²) < 4.78 is 26.7. The molecule has 0 atom stereocenters. The van der Waals surface area contributed by atoms with E-state index in [4.69, 9.17) is 5.11 Å². The molecule has 0 unspecified atom stereocenters. The average Bonchev–Trinajstić information content (AvgIpc) is 2.11. The minimum Gasteiger partial charge on any atom is -0.395 e. The summed E-state index contributed by atoms with van der Waals surface area (Å²) in [5.74, 6) is -0.320. The summed E-state index contributed by atoms with van der Waals surface area (Å²) in [7, 11) is -3.50. The number of sulfonamides is 1. The number of anilines is 1. The van der Waals surface area contributed by atoms with Gasteiger partial charge in [0.25, 0.3) is 0 Å². The van der Waals surface area contributed by atoms with Crippen LogP contribution in [0.1, 0.15) is 5.56 Å². The van der Waals surface area contributed by atoms with Crippen LogP contribution in [-0.4, -0.2) is 25.9 Å². The van der Waals surface area contributed by atoms with Crippen molar-refractivity contribution in [3.63, 3.8) is 0 Å². The van der Waals surface area contributed by atoms with Crippen molar-refractivity contribution < 1.29 is 13.5 Å². The molecule has 0 fully saturated rings. The molecule has 0 bridgehead atoms. The molecule has 0 amide bonds. The van der Waals surface area contributed by atoms with Gasteiger partial charge in [-0.1, -0.05) is 0 Å². The molecule has 0 aromatic heterocycles. The Morgan fingerprint density at radius 2 is 1.81 bits per heavy atom. The molecule has 0 aliphatic heterocycles. The van der Waals surface area contributed by atoms with Crippen LogP contribution in [0.15, 0.2) is 21.1 Å². The zero-order chi connectivity index (χ0) is 12.3. The molecular weight excluding hydrogens is 362 g/mol. The molecule has 7 heteroatoms. The lowest BCUT2D eigenvalue weighted by molar-refractivity contribution is 0.320. The topological polar surface area (TPSA) is 66.4 Å². The summed E-state index contributed by atoms with van der Waals surface area (Å²) in [6, 6.07) is 3.61. The van der Waals surface area contributed by atoms with Crippen molar-refractivity contribution in [1.29, 1.82) is 0 Å². The standard InChI is InChI=1S/C9H11Br2NO3S/c1-6-4-7(10)9(8(11)5-6)12-16(14,15)3-2-13/h4-5,12-13H,2-3H2,1H3. The van der Waals surface area contributed by atoms with Crippen LogP contribution >= 0.6 is 31.9 Å². The van der Waals surface area contributed by atoms with E-state index in [9.17, 15) is 8.42 Å². The van der Waals surface area contributed by atoms with E-state index in [0.29, 0.717) is 14.6 Å². The van der Waals surface area contributed by atoms with Crippen LogP contribution in [0.3, 0.4) is 0 Å². The SMILES string of the molecule is Cc1cc(Br)c(NS(=O)(=O)CCO)c(Br)c1. The third kappa shape index (κ3) is 3.73. The fourth-order valence-electron chi connectivity index (χ4n) is 1.12. The summed E-state index contributed by atoms with van der Waals surface area (Å²) in [5, 5.41) is 8.62. The maximum absolute atomic E-state index is 11.5. The Morgan fingerprint density at radius 1 is 1.31 bits per heavy atom. The van der Waals surface area contributed by atoms with Crippen LogP contribution in [0.5, 0.6) is 0 Å². The predicted octanol–water partition coefficient (Wildman–Crippen LogP) is 2.25. The van der Waals surface area contributed by atoms with E-state index in [1.807, 2.05) is 19.1 Å². The number of aryl methyl sites for hydroxylation is 1. The Labute approximate surface area is 111 Å². The number of benzene rings is 1. The van der Waals surface area contributed by atoms with Crippen LogP contribution in [0.2, 0.25) is 0 Å². The van der Waals surface area contributed by atoms with Gasteiger partial charge in [-0.25, -0.2) is 8.42 Å². The van der Waals surface area contributed by atoms with Gasteiger partial charge in [0, 0.05) is 8.95 Å². The van der Waals surface area contributed by atoms with Gasteiger partial charge < -0.3 is 5.11 Å². The van der Waals surface area contributed by atoms with Gasteiger partial charge >= 0.3 is 0 Å². The first kappa shape index (κ1) is 14.0. The van der Waals surface area contributed by atoms with Crippen molar-refractivity contribution in [3.8, 4) is 0 Å². The maximum atomic E-state index is 11.5. The van der Waals surface area contributed by atoms with E-state index in [-0.39, 0.29) is 5.75 Å². The van der Waals surface area contributed by atoms with Gasteiger partial charge in [0.05, 0.1) is 18.0 Å². The Balaban J connectivity index is 3.07. The number of halogens is 2. The normalized spacial score (nSPS) is 11.5. The number of nitrogens with one attached hydrogen (secondary N) is 1. The molecule has 2 N–H and O–H groups in total. The molecule has 0 aliphatic carbocycles. The molecule has 1 aromatic rings. The summed E-state index contributed by atoms with van der Waals surface area (Å²) in [4.78, 5) is 0. The molecule has 0 aliphatic rings. The Hall–Kier alpha value is -0.110. The van der Waals surface area contributed by atoms with Crippen LogP contribution in [0.25, 0.3) is 0 Å². The van der Waals surface area contributed by atoms with Gasteiger partial charge in [-0.05, 0) is 56.5 Å². The molecule has 0 saturated heterocycles. The van der Waals surface area contributed by atoms with Crippen LogP contribution < -0.4 is 4.72 Å². The van der Waals surface area contributed by atoms with Crippen molar-refractivity contribution in [2.45, 2.75) is 6.92 Å². The highest BCUT2D eigenvalue weighted by Gasteiger charge is 2.14. The van der Waals surface area contributed by atoms with Gasteiger partial charge in [0.2, 0.25) is 10.0 Å². The molecule has 0 spiro atoms. The molecule has 0 saturated carbocycles. The first-order chi connectivity index (χ1) is 7.35. The highest BCUT2D eigenvalue weighted by atomic mass is 79.9.